The fourth-order valence-electron chi connectivity index (χ4n) is 2.93. The van der Waals surface area contributed by atoms with Crippen molar-refractivity contribution in [3.05, 3.63) is 75.6 Å². The summed E-state index contributed by atoms with van der Waals surface area (Å²) in [6.45, 7) is 7.36. The normalized spacial score (nSPS) is 11.4. The molecule has 3 rings (SSSR count). The van der Waals surface area contributed by atoms with Crippen LogP contribution < -0.4 is 10.9 Å². The average molecular weight is 365 g/mol. The van der Waals surface area contributed by atoms with Crippen molar-refractivity contribution in [2.24, 2.45) is 0 Å². The maximum Gasteiger partial charge on any atom is 0.412 e. The summed E-state index contributed by atoms with van der Waals surface area (Å²) in [6.07, 6.45) is -0.0934. The van der Waals surface area contributed by atoms with Crippen molar-refractivity contribution in [2.75, 3.05) is 5.32 Å². The van der Waals surface area contributed by atoms with Crippen LogP contribution in [0.3, 0.4) is 0 Å². The number of aryl methyl sites for hydroxylation is 1. The number of para-hydroxylation sites is 1. The molecule has 0 atom stereocenters. The van der Waals surface area contributed by atoms with E-state index in [1.807, 2.05) is 64.1 Å². The highest BCUT2D eigenvalue weighted by atomic mass is 16.6. The molecule has 0 fully saturated rings. The summed E-state index contributed by atoms with van der Waals surface area (Å²) in [5.41, 5.74) is 2.72. The van der Waals surface area contributed by atoms with Crippen LogP contribution >= 0.6 is 0 Å². The number of anilines is 1. The van der Waals surface area contributed by atoms with E-state index in [0.29, 0.717) is 23.3 Å². The summed E-state index contributed by atoms with van der Waals surface area (Å²) in [4.78, 5) is 24.4. The molecule has 1 heterocycles. The third-order valence-corrected chi connectivity index (χ3v) is 4.15. The fraction of sp³-hybridized carbons (Fsp3) is 0.273. The minimum Gasteiger partial charge on any atom is -0.444 e. The van der Waals surface area contributed by atoms with Gasteiger partial charge < -0.3 is 9.15 Å². The van der Waals surface area contributed by atoms with E-state index < -0.39 is 11.7 Å². The van der Waals surface area contributed by atoms with Gasteiger partial charge in [0, 0.05) is 23.1 Å². The molecule has 0 aliphatic heterocycles. The number of carbonyl (C=O) groups is 1. The largest absolute Gasteiger partial charge is 0.444 e. The minimum atomic E-state index is -0.567. The van der Waals surface area contributed by atoms with Gasteiger partial charge in [0.25, 0.3) is 0 Å². The molecule has 0 aliphatic rings. The third-order valence-electron chi connectivity index (χ3n) is 4.15. The molecular formula is C22H23NO4. The van der Waals surface area contributed by atoms with Crippen molar-refractivity contribution in [3.63, 3.8) is 0 Å². The Morgan fingerprint density at radius 3 is 2.59 bits per heavy atom. The number of carbonyl (C=O) groups excluding carboxylic acids is 1. The Labute approximate surface area is 158 Å². The average Bonchev–Trinajstić information content (AvgIpc) is 2.57. The van der Waals surface area contributed by atoms with Crippen LogP contribution in [0.4, 0.5) is 10.5 Å². The summed E-state index contributed by atoms with van der Waals surface area (Å²) >= 11 is 0. The van der Waals surface area contributed by atoms with E-state index >= 15 is 0 Å². The molecule has 0 radical (unpaired) electrons. The van der Waals surface area contributed by atoms with Gasteiger partial charge in [-0.1, -0.05) is 30.3 Å². The first kappa shape index (κ1) is 18.7. The maximum absolute atomic E-state index is 12.4. The number of rotatable bonds is 3. The monoisotopic (exact) mass is 365 g/mol. The van der Waals surface area contributed by atoms with E-state index in [0.717, 1.165) is 16.5 Å². The lowest BCUT2D eigenvalue weighted by molar-refractivity contribution is 0.0636. The van der Waals surface area contributed by atoms with Crippen LogP contribution in [-0.2, 0) is 11.2 Å². The Morgan fingerprint density at radius 1 is 1.11 bits per heavy atom. The first-order valence-electron chi connectivity index (χ1n) is 8.83. The molecule has 2 aromatic carbocycles. The van der Waals surface area contributed by atoms with Gasteiger partial charge in [-0.05, 0) is 57.0 Å². The highest BCUT2D eigenvalue weighted by molar-refractivity contribution is 5.85. The van der Waals surface area contributed by atoms with E-state index in [2.05, 4.69) is 5.32 Å². The second kappa shape index (κ2) is 7.27. The number of hydrogen-bond acceptors (Lipinski definition) is 4. The predicted octanol–water partition coefficient (Wildman–Crippen LogP) is 5.04. The highest BCUT2D eigenvalue weighted by Gasteiger charge is 2.16. The van der Waals surface area contributed by atoms with Crippen molar-refractivity contribution in [1.82, 2.24) is 0 Å². The Hall–Kier alpha value is -3.08. The van der Waals surface area contributed by atoms with Crippen LogP contribution in [0.1, 0.15) is 37.5 Å². The zero-order valence-electron chi connectivity index (χ0n) is 16.0. The molecule has 5 heteroatoms. The fourth-order valence-corrected chi connectivity index (χ4v) is 2.93. The zero-order chi connectivity index (χ0) is 19.6. The van der Waals surface area contributed by atoms with Crippen molar-refractivity contribution in [2.45, 2.75) is 39.7 Å². The molecule has 1 amide bonds. The molecular weight excluding hydrogens is 342 g/mol. The van der Waals surface area contributed by atoms with Crippen LogP contribution in [0.25, 0.3) is 11.0 Å². The molecule has 3 aromatic rings. The van der Waals surface area contributed by atoms with Crippen molar-refractivity contribution < 1.29 is 13.9 Å². The van der Waals surface area contributed by atoms with E-state index in [4.69, 9.17) is 9.15 Å². The molecule has 1 aromatic heterocycles. The molecule has 0 unspecified atom stereocenters. The van der Waals surface area contributed by atoms with Gasteiger partial charge in [0.05, 0.1) is 0 Å². The third kappa shape index (κ3) is 4.56. The van der Waals surface area contributed by atoms with Crippen molar-refractivity contribution in [3.8, 4) is 0 Å². The topological polar surface area (TPSA) is 68.5 Å². The lowest BCUT2D eigenvalue weighted by atomic mass is 9.99. The molecule has 0 spiro atoms. The van der Waals surface area contributed by atoms with Crippen LogP contribution in [0.2, 0.25) is 0 Å². The summed E-state index contributed by atoms with van der Waals surface area (Å²) in [5.74, 6) is 0. The van der Waals surface area contributed by atoms with Crippen LogP contribution in [0, 0.1) is 6.92 Å². The van der Waals surface area contributed by atoms with Gasteiger partial charge in [-0.25, -0.2) is 9.59 Å². The van der Waals surface area contributed by atoms with Crippen molar-refractivity contribution >= 4 is 22.7 Å². The van der Waals surface area contributed by atoms with Gasteiger partial charge in [0.15, 0.2) is 0 Å². The summed E-state index contributed by atoms with van der Waals surface area (Å²) in [7, 11) is 0. The number of fused-ring (bicyclic) bond motifs is 1. The molecule has 1 N–H and O–H groups in total. The van der Waals surface area contributed by atoms with Crippen LogP contribution in [-0.4, -0.2) is 11.7 Å². The van der Waals surface area contributed by atoms with E-state index in [1.54, 1.807) is 12.1 Å². The van der Waals surface area contributed by atoms with Crippen molar-refractivity contribution in [1.29, 1.82) is 0 Å². The van der Waals surface area contributed by atoms with Gasteiger partial charge in [0.1, 0.15) is 11.2 Å². The van der Waals surface area contributed by atoms with Crippen LogP contribution in [0.15, 0.2) is 57.7 Å². The Bertz CT molecular complexity index is 1040. The van der Waals surface area contributed by atoms with E-state index in [-0.39, 0.29) is 5.63 Å². The molecule has 0 saturated heterocycles. The summed E-state index contributed by atoms with van der Waals surface area (Å²) in [6, 6.07) is 14.9. The first-order chi connectivity index (χ1) is 12.7. The minimum absolute atomic E-state index is 0.336. The number of nitrogens with one attached hydrogen (secondary N) is 1. The SMILES string of the molecule is Cc1c(Cc2cccc(NC(=O)OC(C)(C)C)c2)c(=O)oc2ccccc12. The van der Waals surface area contributed by atoms with Gasteiger partial charge in [-0.15, -0.1) is 0 Å². The maximum atomic E-state index is 12.4. The lowest BCUT2D eigenvalue weighted by Gasteiger charge is -2.19. The summed E-state index contributed by atoms with van der Waals surface area (Å²) < 4.78 is 10.7. The number of benzene rings is 2. The van der Waals surface area contributed by atoms with Gasteiger partial charge in [0.2, 0.25) is 0 Å². The highest BCUT2D eigenvalue weighted by Crippen LogP contribution is 2.22. The Balaban J connectivity index is 1.86. The molecule has 27 heavy (non-hydrogen) atoms. The van der Waals surface area contributed by atoms with E-state index in [1.165, 1.54) is 0 Å². The molecule has 0 bridgehead atoms. The van der Waals surface area contributed by atoms with Gasteiger partial charge >= 0.3 is 11.7 Å². The quantitative estimate of drug-likeness (QED) is 0.660. The number of ether oxygens (including phenoxy) is 1. The second-order valence-corrected chi connectivity index (χ2v) is 7.49. The molecule has 5 nitrogen and oxygen atoms in total. The summed E-state index contributed by atoms with van der Waals surface area (Å²) in [5, 5.41) is 3.65. The first-order valence-corrected chi connectivity index (χ1v) is 8.83. The molecule has 0 saturated carbocycles. The predicted molar refractivity (Wildman–Crippen MR) is 106 cm³/mol. The Kier molecular flexibility index (Phi) is 5.04. The van der Waals surface area contributed by atoms with Gasteiger partial charge in [-0.2, -0.15) is 0 Å². The van der Waals surface area contributed by atoms with Crippen LogP contribution in [0.5, 0.6) is 0 Å². The second-order valence-electron chi connectivity index (χ2n) is 7.49. The lowest BCUT2D eigenvalue weighted by Crippen LogP contribution is -2.27. The Morgan fingerprint density at radius 2 is 1.85 bits per heavy atom. The smallest absolute Gasteiger partial charge is 0.412 e. The standard InChI is InChI=1S/C22H23NO4/c1-14-17-10-5-6-11-19(17)26-20(24)18(14)13-15-8-7-9-16(12-15)23-21(25)27-22(2,3)4/h5-12H,13H2,1-4H3,(H,23,25). The number of amides is 1. The van der Waals surface area contributed by atoms with Gasteiger partial charge in [-0.3, -0.25) is 5.32 Å². The molecule has 0 aliphatic carbocycles. The molecule has 140 valence electrons. The van der Waals surface area contributed by atoms with E-state index in [9.17, 15) is 9.59 Å². The zero-order valence-corrected chi connectivity index (χ0v) is 16.0. The number of hydrogen-bond donors (Lipinski definition) is 1.